The molecule has 0 spiro atoms. The molecule has 1 aromatic rings. The van der Waals surface area contributed by atoms with Gasteiger partial charge in [0.25, 0.3) is 0 Å². The molecule has 1 unspecified atom stereocenters. The molecule has 140 valence electrons. The van der Waals surface area contributed by atoms with Crippen LogP contribution in [0.3, 0.4) is 0 Å². The largest absolute Gasteiger partial charge is 0.337 e. The van der Waals surface area contributed by atoms with Crippen molar-refractivity contribution >= 4 is 17.7 Å². The predicted octanol–water partition coefficient (Wildman–Crippen LogP) is -0.231. The van der Waals surface area contributed by atoms with Gasteiger partial charge in [-0.25, -0.2) is 4.39 Å². The Kier molecular flexibility index (Phi) is 5.22. The minimum atomic E-state index is -0.582. The van der Waals surface area contributed by atoms with Gasteiger partial charge < -0.3 is 14.7 Å². The summed E-state index contributed by atoms with van der Waals surface area (Å²) in [6.07, 6.45) is 0. The van der Waals surface area contributed by atoms with E-state index in [1.165, 1.54) is 17.0 Å². The van der Waals surface area contributed by atoms with Gasteiger partial charge >= 0.3 is 0 Å². The molecule has 2 heterocycles. The highest BCUT2D eigenvalue weighted by atomic mass is 19.1. The van der Waals surface area contributed by atoms with Gasteiger partial charge in [0.2, 0.25) is 17.7 Å². The third kappa shape index (κ3) is 3.85. The fraction of sp³-hybridized carbons (Fsp3) is 0.500. The molecule has 26 heavy (non-hydrogen) atoms. The lowest BCUT2D eigenvalue weighted by Crippen LogP contribution is -2.67. The van der Waals surface area contributed by atoms with E-state index in [9.17, 15) is 18.8 Å². The van der Waals surface area contributed by atoms with Crippen molar-refractivity contribution in [2.45, 2.75) is 12.6 Å². The van der Waals surface area contributed by atoms with Crippen LogP contribution in [0, 0.1) is 5.82 Å². The first-order chi connectivity index (χ1) is 12.3. The molecule has 3 rings (SSSR count). The summed E-state index contributed by atoms with van der Waals surface area (Å²) in [4.78, 5) is 43.5. The zero-order valence-electron chi connectivity index (χ0n) is 15.0. The van der Waals surface area contributed by atoms with Crippen LogP contribution in [0.4, 0.5) is 4.39 Å². The topological polar surface area (TPSA) is 64.2 Å². The Morgan fingerprint density at radius 3 is 2.62 bits per heavy atom. The number of amides is 3. The molecule has 3 amide bonds. The number of likely N-dealkylation sites (N-methyl/N-ethyl adjacent to an activating group) is 2. The van der Waals surface area contributed by atoms with Crippen molar-refractivity contribution < 1.29 is 18.8 Å². The maximum atomic E-state index is 13.0. The Morgan fingerprint density at radius 2 is 1.92 bits per heavy atom. The molecular weight excluding hydrogens is 339 g/mol. The number of nitrogens with zero attached hydrogens (tertiary/aromatic N) is 4. The molecule has 0 bridgehead atoms. The van der Waals surface area contributed by atoms with E-state index in [0.717, 1.165) is 5.56 Å². The molecule has 2 aliphatic rings. The SMILES string of the molecule is CN(CC(=O)N1CCN2C(=O)CN(C)C(=O)C2C1)Cc1ccc(F)cc1. The fourth-order valence-electron chi connectivity index (χ4n) is 3.43. The summed E-state index contributed by atoms with van der Waals surface area (Å²) in [5, 5.41) is 0. The summed E-state index contributed by atoms with van der Waals surface area (Å²) in [5.41, 5.74) is 0.918. The first kappa shape index (κ1) is 18.3. The van der Waals surface area contributed by atoms with Gasteiger partial charge in [0.1, 0.15) is 11.9 Å². The molecular formula is C18H23FN4O3. The number of carbonyl (C=O) groups excluding carboxylic acids is 3. The first-order valence-corrected chi connectivity index (χ1v) is 8.60. The smallest absolute Gasteiger partial charge is 0.247 e. The van der Waals surface area contributed by atoms with Gasteiger partial charge in [0, 0.05) is 26.7 Å². The third-order valence-electron chi connectivity index (χ3n) is 4.86. The highest BCUT2D eigenvalue weighted by molar-refractivity contribution is 5.95. The van der Waals surface area contributed by atoms with Crippen molar-refractivity contribution in [3.8, 4) is 0 Å². The first-order valence-electron chi connectivity index (χ1n) is 8.60. The number of benzene rings is 1. The minimum absolute atomic E-state index is 0.0716. The molecule has 0 aromatic heterocycles. The van der Waals surface area contributed by atoms with E-state index < -0.39 is 6.04 Å². The number of hydrogen-bond acceptors (Lipinski definition) is 4. The average molecular weight is 362 g/mol. The lowest BCUT2D eigenvalue weighted by atomic mass is 10.1. The zero-order valence-corrected chi connectivity index (χ0v) is 15.0. The highest BCUT2D eigenvalue weighted by Gasteiger charge is 2.42. The Balaban J connectivity index is 1.57. The molecule has 1 aromatic carbocycles. The molecule has 0 saturated carbocycles. The molecule has 2 aliphatic heterocycles. The van der Waals surface area contributed by atoms with Crippen LogP contribution in [0.25, 0.3) is 0 Å². The zero-order chi connectivity index (χ0) is 18.8. The Morgan fingerprint density at radius 1 is 1.23 bits per heavy atom. The van der Waals surface area contributed by atoms with Crippen LogP contribution in [0.1, 0.15) is 5.56 Å². The van der Waals surface area contributed by atoms with Crippen LogP contribution in [-0.4, -0.2) is 90.2 Å². The summed E-state index contributed by atoms with van der Waals surface area (Å²) in [6.45, 7) is 1.87. The van der Waals surface area contributed by atoms with Crippen LogP contribution in [0.15, 0.2) is 24.3 Å². The maximum absolute atomic E-state index is 13.0. The summed E-state index contributed by atoms with van der Waals surface area (Å²) in [6, 6.07) is 5.59. The number of piperazine rings is 2. The van der Waals surface area contributed by atoms with Crippen molar-refractivity contribution in [3.05, 3.63) is 35.6 Å². The Bertz CT molecular complexity index is 709. The van der Waals surface area contributed by atoms with Crippen LogP contribution in [0.2, 0.25) is 0 Å². The molecule has 1 atom stereocenters. The van der Waals surface area contributed by atoms with Gasteiger partial charge in [0.15, 0.2) is 0 Å². The second kappa shape index (κ2) is 7.41. The van der Waals surface area contributed by atoms with Crippen LogP contribution >= 0.6 is 0 Å². The quantitative estimate of drug-likeness (QED) is 0.742. The van der Waals surface area contributed by atoms with Crippen molar-refractivity contribution in [1.29, 1.82) is 0 Å². The van der Waals surface area contributed by atoms with E-state index in [1.54, 1.807) is 29.0 Å². The van der Waals surface area contributed by atoms with Crippen molar-refractivity contribution in [1.82, 2.24) is 19.6 Å². The van der Waals surface area contributed by atoms with E-state index in [1.807, 2.05) is 11.9 Å². The summed E-state index contributed by atoms with van der Waals surface area (Å²) < 4.78 is 13.0. The Labute approximate surface area is 151 Å². The second-order valence-corrected chi connectivity index (χ2v) is 6.94. The van der Waals surface area contributed by atoms with E-state index in [4.69, 9.17) is 0 Å². The van der Waals surface area contributed by atoms with Gasteiger partial charge in [-0.05, 0) is 24.7 Å². The molecule has 0 N–H and O–H groups in total. The predicted molar refractivity (Wildman–Crippen MR) is 92.5 cm³/mol. The Hall–Kier alpha value is -2.48. The minimum Gasteiger partial charge on any atom is -0.337 e. The summed E-state index contributed by atoms with van der Waals surface area (Å²) >= 11 is 0. The summed E-state index contributed by atoms with van der Waals surface area (Å²) in [5.74, 6) is -0.566. The van der Waals surface area contributed by atoms with E-state index in [0.29, 0.717) is 19.6 Å². The normalized spacial score (nSPS) is 20.6. The lowest BCUT2D eigenvalue weighted by Gasteiger charge is -2.45. The summed E-state index contributed by atoms with van der Waals surface area (Å²) in [7, 11) is 3.43. The van der Waals surface area contributed by atoms with Crippen molar-refractivity contribution in [3.63, 3.8) is 0 Å². The lowest BCUT2D eigenvalue weighted by molar-refractivity contribution is -0.160. The van der Waals surface area contributed by atoms with E-state index in [-0.39, 0.29) is 43.2 Å². The van der Waals surface area contributed by atoms with E-state index >= 15 is 0 Å². The molecule has 2 saturated heterocycles. The molecule has 2 fully saturated rings. The number of carbonyl (C=O) groups is 3. The molecule has 8 heteroatoms. The van der Waals surface area contributed by atoms with Gasteiger partial charge in [0.05, 0.1) is 19.6 Å². The van der Waals surface area contributed by atoms with E-state index in [2.05, 4.69) is 0 Å². The molecule has 0 radical (unpaired) electrons. The maximum Gasteiger partial charge on any atom is 0.247 e. The van der Waals surface area contributed by atoms with Crippen molar-refractivity contribution in [2.24, 2.45) is 0 Å². The number of rotatable bonds is 4. The molecule has 0 aliphatic carbocycles. The van der Waals surface area contributed by atoms with Gasteiger partial charge in [-0.3, -0.25) is 19.3 Å². The van der Waals surface area contributed by atoms with Crippen LogP contribution in [0.5, 0.6) is 0 Å². The van der Waals surface area contributed by atoms with Crippen LogP contribution < -0.4 is 0 Å². The second-order valence-electron chi connectivity index (χ2n) is 6.94. The third-order valence-corrected chi connectivity index (χ3v) is 4.86. The van der Waals surface area contributed by atoms with Crippen molar-refractivity contribution in [2.75, 3.05) is 46.8 Å². The highest BCUT2D eigenvalue weighted by Crippen LogP contribution is 2.17. The number of halogens is 1. The monoisotopic (exact) mass is 362 g/mol. The standard InChI is InChI=1S/C18H23FN4O3/c1-20(9-13-3-5-14(19)6-4-13)11-16(24)22-7-8-23-15(10-22)18(26)21(2)12-17(23)25/h3-6,15H,7-12H2,1-2H3. The van der Waals surface area contributed by atoms with Gasteiger partial charge in [-0.15, -0.1) is 0 Å². The number of fused-ring (bicyclic) bond motifs is 1. The number of hydrogen-bond donors (Lipinski definition) is 0. The van der Waals surface area contributed by atoms with Crippen LogP contribution in [-0.2, 0) is 20.9 Å². The van der Waals surface area contributed by atoms with Gasteiger partial charge in [-0.2, -0.15) is 0 Å². The average Bonchev–Trinajstić information content (AvgIpc) is 2.61. The van der Waals surface area contributed by atoms with Gasteiger partial charge in [-0.1, -0.05) is 12.1 Å². The fourth-order valence-corrected chi connectivity index (χ4v) is 3.43. The molecule has 7 nitrogen and oxygen atoms in total.